The molecule has 1 atom stereocenters. The standard InChI is InChI=1S/C22H23N4O5/c1-3-31-18-10-6-16(7-11-18)24-12-13-25-20(28)21(29)26(23-22(24)25)14-19(27)15-4-8-17(30-2)9-5-15/h4-11,22H,3,12-14H2,1-2H3/q+1. The maximum absolute atomic E-state index is 12.7. The number of azo groups is 2. The highest BCUT2D eigenvalue weighted by Gasteiger charge is 2.49. The number of carbonyl (C=O) groups is 3. The molecule has 2 heterocycles. The van der Waals surface area contributed by atoms with Crippen LogP contribution in [0.5, 0.6) is 11.5 Å². The summed E-state index contributed by atoms with van der Waals surface area (Å²) >= 11 is 0. The van der Waals surface area contributed by atoms with Gasteiger partial charge in [-0.25, -0.2) is 4.79 Å². The minimum Gasteiger partial charge on any atom is -0.497 e. The Labute approximate surface area is 179 Å². The van der Waals surface area contributed by atoms with E-state index in [0.717, 1.165) is 16.1 Å². The van der Waals surface area contributed by atoms with Gasteiger partial charge in [0.15, 0.2) is 0 Å². The van der Waals surface area contributed by atoms with Crippen molar-refractivity contribution in [3.05, 3.63) is 54.1 Å². The molecule has 0 radical (unpaired) electrons. The second-order valence-electron chi connectivity index (χ2n) is 7.10. The number of nitrogens with zero attached hydrogens (tertiary/aromatic N) is 4. The van der Waals surface area contributed by atoms with E-state index in [-0.39, 0.29) is 12.3 Å². The van der Waals surface area contributed by atoms with Gasteiger partial charge in [0.25, 0.3) is 6.29 Å². The topological polar surface area (TPSA) is 91.5 Å². The predicted octanol–water partition coefficient (Wildman–Crippen LogP) is 1.91. The lowest BCUT2D eigenvalue weighted by Crippen LogP contribution is -2.52. The molecule has 0 saturated carbocycles. The molecule has 0 aliphatic carbocycles. The SMILES string of the molecule is CCOc1ccc(N2CCN3C(=O)C(=O)[N+](CC(=O)c4ccc(OC)cc4)=NC32)cc1. The van der Waals surface area contributed by atoms with Crippen molar-refractivity contribution in [1.82, 2.24) is 4.90 Å². The van der Waals surface area contributed by atoms with Crippen molar-refractivity contribution in [2.75, 3.05) is 38.3 Å². The number of Topliss-reactive ketones (excluding diaryl/α,β-unsaturated/α-hetero) is 1. The van der Waals surface area contributed by atoms with Gasteiger partial charge in [-0.15, -0.1) is 0 Å². The van der Waals surface area contributed by atoms with Crippen LogP contribution in [0.15, 0.2) is 53.6 Å². The summed E-state index contributed by atoms with van der Waals surface area (Å²) in [4.78, 5) is 41.2. The average Bonchev–Trinajstić information content (AvgIpc) is 3.22. The van der Waals surface area contributed by atoms with Gasteiger partial charge >= 0.3 is 11.8 Å². The van der Waals surface area contributed by atoms with E-state index in [9.17, 15) is 14.4 Å². The second-order valence-corrected chi connectivity index (χ2v) is 7.10. The summed E-state index contributed by atoms with van der Waals surface area (Å²) in [7, 11) is 1.54. The lowest BCUT2D eigenvalue weighted by atomic mass is 10.1. The van der Waals surface area contributed by atoms with E-state index >= 15 is 0 Å². The van der Waals surface area contributed by atoms with Crippen molar-refractivity contribution in [2.24, 2.45) is 5.11 Å². The van der Waals surface area contributed by atoms with Crippen LogP contribution in [0.2, 0.25) is 0 Å². The normalized spacial score (nSPS) is 18.0. The number of hydrogen-bond acceptors (Lipinski definition) is 7. The van der Waals surface area contributed by atoms with Crippen molar-refractivity contribution in [3.63, 3.8) is 0 Å². The van der Waals surface area contributed by atoms with Crippen LogP contribution in [-0.4, -0.2) is 66.8 Å². The quantitative estimate of drug-likeness (QED) is 0.384. The highest BCUT2D eigenvalue weighted by Crippen LogP contribution is 2.28. The number of ether oxygens (including phenoxy) is 2. The van der Waals surface area contributed by atoms with Crippen LogP contribution in [0.4, 0.5) is 5.69 Å². The number of carbonyl (C=O) groups excluding carboxylic acids is 3. The Morgan fingerprint density at radius 2 is 1.68 bits per heavy atom. The summed E-state index contributed by atoms with van der Waals surface area (Å²) in [6, 6.07) is 14.0. The highest BCUT2D eigenvalue weighted by atomic mass is 16.5. The molecular formula is C22H23N4O5+. The summed E-state index contributed by atoms with van der Waals surface area (Å²) in [6.07, 6.45) is -0.674. The monoisotopic (exact) mass is 423 g/mol. The van der Waals surface area contributed by atoms with Gasteiger partial charge in [-0.1, -0.05) is 0 Å². The molecule has 0 spiro atoms. The maximum atomic E-state index is 12.7. The first kappa shape index (κ1) is 20.5. The molecule has 4 rings (SSSR count). The first-order valence-electron chi connectivity index (χ1n) is 10.0. The lowest BCUT2D eigenvalue weighted by molar-refractivity contribution is -0.507. The molecule has 2 aromatic carbocycles. The summed E-state index contributed by atoms with van der Waals surface area (Å²) < 4.78 is 11.5. The molecule has 160 valence electrons. The minimum atomic E-state index is -0.799. The smallest absolute Gasteiger partial charge is 0.497 e. The molecule has 1 unspecified atom stereocenters. The highest BCUT2D eigenvalue weighted by molar-refractivity contribution is 6.32. The Balaban J connectivity index is 1.56. The molecule has 2 aliphatic rings. The van der Waals surface area contributed by atoms with E-state index in [1.165, 1.54) is 12.0 Å². The molecule has 0 N–H and O–H groups in total. The third-order valence-corrected chi connectivity index (χ3v) is 5.24. The number of amides is 2. The van der Waals surface area contributed by atoms with Gasteiger partial charge < -0.3 is 14.4 Å². The number of hydrogen-bond donors (Lipinski definition) is 0. The van der Waals surface area contributed by atoms with Crippen LogP contribution >= 0.6 is 0 Å². The van der Waals surface area contributed by atoms with Crippen molar-refractivity contribution in [1.29, 1.82) is 0 Å². The summed E-state index contributed by atoms with van der Waals surface area (Å²) in [6.45, 7) is 3.09. The van der Waals surface area contributed by atoms with E-state index in [4.69, 9.17) is 9.47 Å². The number of benzene rings is 2. The second kappa shape index (κ2) is 8.55. The van der Waals surface area contributed by atoms with E-state index < -0.39 is 18.1 Å². The summed E-state index contributed by atoms with van der Waals surface area (Å²) in [5, 5.41) is 4.43. The molecule has 2 aliphatic heterocycles. The van der Waals surface area contributed by atoms with E-state index in [0.29, 0.717) is 31.0 Å². The van der Waals surface area contributed by atoms with Gasteiger partial charge in [0.2, 0.25) is 12.3 Å². The van der Waals surface area contributed by atoms with Gasteiger partial charge in [0.1, 0.15) is 11.5 Å². The number of rotatable bonds is 7. The van der Waals surface area contributed by atoms with Gasteiger partial charge in [-0.05, 0) is 60.2 Å². The zero-order valence-corrected chi connectivity index (χ0v) is 17.4. The Kier molecular flexibility index (Phi) is 5.66. The number of anilines is 1. The first-order valence-corrected chi connectivity index (χ1v) is 10.0. The predicted molar refractivity (Wildman–Crippen MR) is 110 cm³/mol. The Hall–Kier alpha value is -3.75. The molecule has 1 fully saturated rings. The summed E-state index contributed by atoms with van der Waals surface area (Å²) in [5.41, 5.74) is 1.26. The van der Waals surface area contributed by atoms with Crippen LogP contribution < -0.4 is 14.4 Å². The summed E-state index contributed by atoms with van der Waals surface area (Å²) in [5.74, 6) is -0.395. The maximum Gasteiger partial charge on any atom is 0.502 e. The first-order chi connectivity index (χ1) is 15.0. The molecule has 2 aromatic rings. The average molecular weight is 423 g/mol. The zero-order valence-electron chi connectivity index (χ0n) is 17.4. The van der Waals surface area contributed by atoms with Crippen LogP contribution in [0, 0.1) is 0 Å². The van der Waals surface area contributed by atoms with Crippen LogP contribution in [0.3, 0.4) is 0 Å². The van der Waals surface area contributed by atoms with E-state index in [1.54, 1.807) is 24.3 Å². The van der Waals surface area contributed by atoms with E-state index in [2.05, 4.69) is 5.11 Å². The van der Waals surface area contributed by atoms with Crippen LogP contribution in [-0.2, 0) is 9.59 Å². The van der Waals surface area contributed by atoms with Crippen LogP contribution in [0.25, 0.3) is 0 Å². The molecule has 2 amide bonds. The van der Waals surface area contributed by atoms with Crippen LogP contribution in [0.1, 0.15) is 17.3 Å². The Bertz CT molecular complexity index is 1030. The van der Waals surface area contributed by atoms with Gasteiger partial charge in [0.05, 0.1) is 13.7 Å². The molecule has 0 bridgehead atoms. The third-order valence-electron chi connectivity index (χ3n) is 5.24. The number of fused-ring (bicyclic) bond motifs is 1. The fourth-order valence-electron chi connectivity index (χ4n) is 3.64. The Morgan fingerprint density at radius 1 is 1.03 bits per heavy atom. The molecule has 9 heteroatoms. The molecule has 0 aromatic heterocycles. The number of methoxy groups -OCH3 is 1. The molecule has 1 saturated heterocycles. The fourth-order valence-corrected chi connectivity index (χ4v) is 3.64. The van der Waals surface area contributed by atoms with Gasteiger partial charge in [0, 0.05) is 29.5 Å². The number of ketones is 1. The zero-order chi connectivity index (χ0) is 22.0. The third kappa shape index (κ3) is 3.98. The van der Waals surface area contributed by atoms with Crippen molar-refractivity contribution < 1.29 is 28.6 Å². The van der Waals surface area contributed by atoms with Crippen molar-refractivity contribution in [2.45, 2.75) is 13.2 Å². The molecule has 31 heavy (non-hydrogen) atoms. The minimum absolute atomic E-state index is 0.307. The Morgan fingerprint density at radius 3 is 2.32 bits per heavy atom. The van der Waals surface area contributed by atoms with Crippen molar-refractivity contribution >= 4 is 23.3 Å². The van der Waals surface area contributed by atoms with Gasteiger partial charge in [-0.3, -0.25) is 14.5 Å². The fraction of sp³-hybridized carbons (Fsp3) is 0.318. The lowest BCUT2D eigenvalue weighted by Gasteiger charge is -2.27. The van der Waals surface area contributed by atoms with Gasteiger partial charge in [-0.2, -0.15) is 0 Å². The molecule has 9 nitrogen and oxygen atoms in total. The van der Waals surface area contributed by atoms with E-state index in [1.807, 2.05) is 36.1 Å². The largest absolute Gasteiger partial charge is 0.502 e. The van der Waals surface area contributed by atoms with Crippen molar-refractivity contribution in [3.8, 4) is 11.5 Å². The molecular weight excluding hydrogens is 400 g/mol.